The van der Waals surface area contributed by atoms with Gasteiger partial charge < -0.3 is 20.8 Å². The molecular weight excluding hydrogens is 392 g/mol. The summed E-state index contributed by atoms with van der Waals surface area (Å²) >= 11 is 1.06. The number of thioether (sulfide) groups is 1. The van der Waals surface area contributed by atoms with Crippen molar-refractivity contribution in [1.29, 1.82) is 0 Å². The molecule has 4 N–H and O–H groups in total. The normalized spacial score (nSPS) is 16.2. The lowest BCUT2D eigenvalue weighted by Gasteiger charge is -2.21. The number of aliphatic hydroxyl groups is 1. The highest BCUT2D eigenvalue weighted by Crippen LogP contribution is 2.36. The van der Waals surface area contributed by atoms with Gasteiger partial charge in [0.2, 0.25) is 0 Å². The molecule has 0 bridgehead atoms. The molecule has 0 radical (unpaired) electrons. The van der Waals surface area contributed by atoms with Gasteiger partial charge in [0.1, 0.15) is 5.69 Å². The Labute approximate surface area is 163 Å². The average molecular weight is 409 g/mol. The van der Waals surface area contributed by atoms with Gasteiger partial charge in [0.15, 0.2) is 34.5 Å². The van der Waals surface area contributed by atoms with E-state index in [0.29, 0.717) is 11.5 Å². The third kappa shape index (κ3) is 4.37. The van der Waals surface area contributed by atoms with Crippen LogP contribution in [0, 0.1) is 11.6 Å². The number of nitrogens with one attached hydrogen (secondary N) is 2. The topological polar surface area (TPSA) is 120 Å². The predicted octanol–water partition coefficient (Wildman–Crippen LogP) is 2.42. The van der Waals surface area contributed by atoms with E-state index < -0.39 is 23.6 Å². The summed E-state index contributed by atoms with van der Waals surface area (Å²) in [6.45, 7) is 1.56. The van der Waals surface area contributed by atoms with Gasteiger partial charge in [-0.25, -0.2) is 23.5 Å². The Kier molecular flexibility index (Phi) is 6.05. The highest BCUT2D eigenvalue weighted by atomic mass is 32.2. The quantitative estimate of drug-likeness (QED) is 0.407. The summed E-state index contributed by atoms with van der Waals surface area (Å²) in [7, 11) is 0. The van der Waals surface area contributed by atoms with Crippen molar-refractivity contribution in [2.24, 2.45) is 4.99 Å². The van der Waals surface area contributed by atoms with Crippen molar-refractivity contribution < 1.29 is 23.8 Å². The van der Waals surface area contributed by atoms with Gasteiger partial charge in [0, 0.05) is 23.6 Å². The SMILES string of the molecule is CC(CO)Nc1nc(SCc2cccc(F)c2F)nc2c1N=CC(C(=O)O)N2. The summed E-state index contributed by atoms with van der Waals surface area (Å²) in [6.07, 6.45) is 1.22. The number of nitrogens with zero attached hydrogens (tertiary/aromatic N) is 3. The van der Waals surface area contributed by atoms with Crippen LogP contribution >= 0.6 is 11.8 Å². The van der Waals surface area contributed by atoms with E-state index in [4.69, 9.17) is 5.11 Å². The highest BCUT2D eigenvalue weighted by molar-refractivity contribution is 7.98. The van der Waals surface area contributed by atoms with Crippen LogP contribution in [0.25, 0.3) is 0 Å². The second kappa shape index (κ2) is 8.48. The molecule has 28 heavy (non-hydrogen) atoms. The zero-order valence-corrected chi connectivity index (χ0v) is 15.5. The summed E-state index contributed by atoms with van der Waals surface area (Å²) in [4.78, 5) is 23.9. The van der Waals surface area contributed by atoms with Gasteiger partial charge in [-0.2, -0.15) is 0 Å². The van der Waals surface area contributed by atoms with Crippen LogP contribution in [0.2, 0.25) is 0 Å². The Morgan fingerprint density at radius 2 is 2.18 bits per heavy atom. The van der Waals surface area contributed by atoms with E-state index in [0.717, 1.165) is 17.8 Å². The van der Waals surface area contributed by atoms with Crippen molar-refractivity contribution >= 4 is 41.3 Å². The molecule has 2 unspecified atom stereocenters. The van der Waals surface area contributed by atoms with E-state index in [1.54, 1.807) is 6.92 Å². The lowest BCUT2D eigenvalue weighted by atomic mass is 10.2. The Hall–Kier alpha value is -2.79. The molecule has 0 saturated carbocycles. The number of anilines is 2. The van der Waals surface area contributed by atoms with E-state index in [1.165, 1.54) is 18.3 Å². The number of benzene rings is 1. The van der Waals surface area contributed by atoms with Crippen LogP contribution < -0.4 is 10.6 Å². The van der Waals surface area contributed by atoms with Crippen molar-refractivity contribution in [3.05, 3.63) is 35.4 Å². The van der Waals surface area contributed by atoms with Gasteiger partial charge in [-0.05, 0) is 13.0 Å². The second-order valence-corrected chi connectivity index (χ2v) is 6.96. The van der Waals surface area contributed by atoms with Crippen LogP contribution in [0.15, 0.2) is 28.3 Å². The minimum Gasteiger partial charge on any atom is -0.479 e. The number of hydrogen-bond donors (Lipinski definition) is 4. The molecule has 0 saturated heterocycles. The number of halogens is 2. The molecule has 3 rings (SSSR count). The molecule has 148 valence electrons. The van der Waals surface area contributed by atoms with E-state index in [2.05, 4.69) is 25.6 Å². The van der Waals surface area contributed by atoms with Gasteiger partial charge in [-0.15, -0.1) is 0 Å². The van der Waals surface area contributed by atoms with E-state index in [9.17, 15) is 18.7 Å². The Morgan fingerprint density at radius 1 is 1.39 bits per heavy atom. The molecule has 2 aromatic rings. The summed E-state index contributed by atoms with van der Waals surface area (Å²) in [6, 6.07) is 2.50. The summed E-state index contributed by atoms with van der Waals surface area (Å²) < 4.78 is 27.2. The largest absolute Gasteiger partial charge is 0.479 e. The molecule has 0 aliphatic carbocycles. The standard InChI is InChI=1S/C17H17F2N5O3S/c1-8(6-25)21-14-13-15(22-11(5-20-13)16(26)27)24-17(23-14)28-7-9-3-2-4-10(18)12(9)19/h2-5,8,11,25H,6-7H2,1H3,(H,26,27)(H2,21,22,23,24). The van der Waals surface area contributed by atoms with Crippen molar-refractivity contribution in [3.63, 3.8) is 0 Å². The number of carboxylic acid groups (broad SMARTS) is 1. The number of fused-ring (bicyclic) bond motifs is 1. The maximum atomic E-state index is 13.8. The second-order valence-electron chi connectivity index (χ2n) is 6.02. The Bertz CT molecular complexity index is 928. The molecule has 2 heterocycles. The van der Waals surface area contributed by atoms with Crippen LogP contribution in [0.3, 0.4) is 0 Å². The summed E-state index contributed by atoms with van der Waals surface area (Å²) in [5, 5.41) is 24.4. The Balaban J connectivity index is 1.90. The first kappa shape index (κ1) is 20.0. The highest BCUT2D eigenvalue weighted by Gasteiger charge is 2.25. The number of aromatic nitrogens is 2. The van der Waals surface area contributed by atoms with Crippen LogP contribution in [-0.2, 0) is 10.5 Å². The predicted molar refractivity (Wildman–Crippen MR) is 101 cm³/mol. The number of aliphatic hydroxyl groups excluding tert-OH is 1. The van der Waals surface area contributed by atoms with Crippen LogP contribution in [0.5, 0.6) is 0 Å². The smallest absolute Gasteiger partial charge is 0.331 e. The molecule has 0 spiro atoms. The third-order valence-electron chi connectivity index (χ3n) is 3.82. The summed E-state index contributed by atoms with van der Waals surface area (Å²) in [5.41, 5.74) is 0.457. The lowest BCUT2D eigenvalue weighted by molar-refractivity contribution is -0.136. The van der Waals surface area contributed by atoms with E-state index in [-0.39, 0.29) is 34.9 Å². The van der Waals surface area contributed by atoms with E-state index >= 15 is 0 Å². The van der Waals surface area contributed by atoms with Crippen LogP contribution in [0.4, 0.5) is 26.1 Å². The van der Waals surface area contributed by atoms with Gasteiger partial charge in [-0.1, -0.05) is 23.9 Å². The molecule has 1 aliphatic rings. The monoisotopic (exact) mass is 409 g/mol. The molecular formula is C17H17F2N5O3S. The van der Waals surface area contributed by atoms with Gasteiger partial charge in [0.05, 0.1) is 6.61 Å². The number of aliphatic imine (C=N–C) groups is 1. The number of hydrogen-bond acceptors (Lipinski definition) is 8. The van der Waals surface area contributed by atoms with Gasteiger partial charge in [0.25, 0.3) is 0 Å². The molecule has 2 atom stereocenters. The van der Waals surface area contributed by atoms with Crippen LogP contribution in [0.1, 0.15) is 12.5 Å². The number of aliphatic carboxylic acids is 1. The van der Waals surface area contributed by atoms with Gasteiger partial charge >= 0.3 is 5.97 Å². The number of carbonyl (C=O) groups is 1. The molecule has 1 aromatic carbocycles. The fourth-order valence-corrected chi connectivity index (χ4v) is 3.18. The minimum absolute atomic E-state index is 0.0724. The van der Waals surface area contributed by atoms with Crippen molar-refractivity contribution in [2.45, 2.75) is 29.9 Å². The zero-order chi connectivity index (χ0) is 20.3. The van der Waals surface area contributed by atoms with Crippen molar-refractivity contribution in [3.8, 4) is 0 Å². The first-order valence-electron chi connectivity index (χ1n) is 8.27. The zero-order valence-electron chi connectivity index (χ0n) is 14.7. The fourth-order valence-electron chi connectivity index (χ4n) is 2.36. The number of rotatable bonds is 7. The maximum Gasteiger partial charge on any atom is 0.331 e. The first-order chi connectivity index (χ1) is 13.4. The molecule has 0 fully saturated rings. The Morgan fingerprint density at radius 3 is 2.89 bits per heavy atom. The summed E-state index contributed by atoms with van der Waals surface area (Å²) in [5.74, 6) is -2.44. The molecule has 11 heteroatoms. The van der Waals surface area contributed by atoms with Crippen molar-refractivity contribution in [2.75, 3.05) is 17.2 Å². The third-order valence-corrected chi connectivity index (χ3v) is 4.72. The fraction of sp³-hybridized carbons (Fsp3) is 0.294. The first-order valence-corrected chi connectivity index (χ1v) is 9.26. The van der Waals surface area contributed by atoms with Gasteiger partial charge in [-0.3, -0.25) is 4.99 Å². The van der Waals surface area contributed by atoms with E-state index in [1.807, 2.05) is 0 Å². The molecule has 0 amide bonds. The molecule has 1 aliphatic heterocycles. The van der Waals surface area contributed by atoms with Crippen LogP contribution in [-0.4, -0.2) is 51.1 Å². The molecule has 1 aromatic heterocycles. The average Bonchev–Trinajstić information content (AvgIpc) is 2.68. The number of carboxylic acids is 1. The maximum absolute atomic E-state index is 13.8. The lowest BCUT2D eigenvalue weighted by Crippen LogP contribution is -2.33. The molecule has 8 nitrogen and oxygen atoms in total. The minimum atomic E-state index is -1.12. The van der Waals surface area contributed by atoms with Crippen molar-refractivity contribution in [1.82, 2.24) is 9.97 Å².